The van der Waals surface area contributed by atoms with Crippen molar-refractivity contribution in [2.45, 2.75) is 58.1 Å². The molecule has 7 nitrogen and oxygen atoms in total. The van der Waals surface area contributed by atoms with Gasteiger partial charge < -0.3 is 15.0 Å². The summed E-state index contributed by atoms with van der Waals surface area (Å²) in [5.74, 6) is -0.289. The number of allylic oxidation sites excluding steroid dienone is 1. The number of rotatable bonds is 3. The summed E-state index contributed by atoms with van der Waals surface area (Å²) in [4.78, 5) is 32.4. The second-order valence-corrected chi connectivity index (χ2v) is 8.06. The van der Waals surface area contributed by atoms with Crippen molar-refractivity contribution in [2.24, 2.45) is 4.99 Å². The van der Waals surface area contributed by atoms with Crippen LogP contribution in [0.1, 0.15) is 34.6 Å². The van der Waals surface area contributed by atoms with Gasteiger partial charge in [-0.1, -0.05) is 0 Å². The summed E-state index contributed by atoms with van der Waals surface area (Å²) < 4.78 is 19.2. The van der Waals surface area contributed by atoms with Crippen LogP contribution in [0, 0.1) is 0 Å². The van der Waals surface area contributed by atoms with Gasteiger partial charge in [0.25, 0.3) is 0 Å². The van der Waals surface area contributed by atoms with Crippen LogP contribution in [0.4, 0.5) is 9.18 Å². The Labute approximate surface area is 154 Å². The van der Waals surface area contributed by atoms with Crippen molar-refractivity contribution in [2.75, 3.05) is 26.2 Å². The molecular formula is C18H29FN4O3. The highest BCUT2D eigenvalue weighted by Crippen LogP contribution is 2.20. The van der Waals surface area contributed by atoms with E-state index in [0.29, 0.717) is 26.2 Å². The van der Waals surface area contributed by atoms with E-state index < -0.39 is 23.5 Å². The molecule has 2 atom stereocenters. The minimum Gasteiger partial charge on any atom is -0.444 e. The average molecular weight is 368 g/mol. The first-order chi connectivity index (χ1) is 12.0. The molecule has 0 radical (unpaired) electrons. The van der Waals surface area contributed by atoms with Crippen LogP contribution in [0.2, 0.25) is 0 Å². The number of amides is 2. The van der Waals surface area contributed by atoms with E-state index in [1.165, 1.54) is 18.4 Å². The lowest BCUT2D eigenvalue weighted by Gasteiger charge is -2.43. The predicted molar refractivity (Wildman–Crippen MR) is 97.9 cm³/mol. The van der Waals surface area contributed by atoms with Crippen LogP contribution in [-0.2, 0) is 9.53 Å². The van der Waals surface area contributed by atoms with Crippen LogP contribution in [0.5, 0.6) is 0 Å². The highest BCUT2D eigenvalue weighted by molar-refractivity contribution is 5.86. The fraction of sp³-hybridized carbons (Fsp3) is 0.722. The normalized spacial score (nSPS) is 24.5. The van der Waals surface area contributed by atoms with Gasteiger partial charge in [-0.05, 0) is 46.8 Å². The number of carbonyl (C=O) groups is 2. The first kappa shape index (κ1) is 20.4. The zero-order valence-corrected chi connectivity index (χ0v) is 16.2. The maximum absolute atomic E-state index is 13.8. The predicted octanol–water partition coefficient (Wildman–Crippen LogP) is 1.74. The number of piperazine rings is 1. The molecular weight excluding hydrogens is 339 g/mol. The van der Waals surface area contributed by atoms with E-state index in [9.17, 15) is 14.0 Å². The molecule has 2 unspecified atom stereocenters. The van der Waals surface area contributed by atoms with Gasteiger partial charge in [0.05, 0.1) is 5.54 Å². The zero-order valence-electron chi connectivity index (χ0n) is 16.2. The number of carbonyl (C=O) groups excluding carboxylic acids is 2. The number of dihydropyridines is 1. The van der Waals surface area contributed by atoms with Crippen molar-refractivity contribution in [1.29, 1.82) is 0 Å². The van der Waals surface area contributed by atoms with Gasteiger partial charge in [0.1, 0.15) is 5.60 Å². The standard InChI is InChI=1S/C18H29FN4O3/c1-17(2,3)26-16(25)22-9-11-23(12-10-22)18(4,5)15(24)21-14-13(19)7-6-8-20-14/h6-8,13-14H,9-12H2,1-5H3,(H,21,24). The van der Waals surface area contributed by atoms with E-state index in [4.69, 9.17) is 4.74 Å². The third-order valence-electron chi connectivity index (χ3n) is 4.49. The van der Waals surface area contributed by atoms with Crippen LogP contribution in [0.15, 0.2) is 17.1 Å². The Morgan fingerprint density at radius 3 is 2.31 bits per heavy atom. The van der Waals surface area contributed by atoms with Gasteiger partial charge in [-0.2, -0.15) is 0 Å². The molecule has 8 heteroatoms. The van der Waals surface area contributed by atoms with Gasteiger partial charge in [0.15, 0.2) is 12.3 Å². The lowest BCUT2D eigenvalue weighted by Crippen LogP contribution is -2.62. The fourth-order valence-electron chi connectivity index (χ4n) is 2.83. The minimum atomic E-state index is -1.33. The Morgan fingerprint density at radius 2 is 1.77 bits per heavy atom. The molecule has 1 fully saturated rings. The molecule has 2 aliphatic heterocycles. The van der Waals surface area contributed by atoms with Gasteiger partial charge in [-0.3, -0.25) is 14.7 Å². The van der Waals surface area contributed by atoms with Crippen LogP contribution in [0.3, 0.4) is 0 Å². The molecule has 1 saturated heterocycles. The summed E-state index contributed by atoms with van der Waals surface area (Å²) in [6.45, 7) is 11.1. The zero-order chi connectivity index (χ0) is 19.5. The highest BCUT2D eigenvalue weighted by atomic mass is 19.1. The van der Waals surface area contributed by atoms with Gasteiger partial charge >= 0.3 is 6.09 Å². The first-order valence-corrected chi connectivity index (χ1v) is 8.89. The Hall–Kier alpha value is -1.96. The van der Waals surface area contributed by atoms with Gasteiger partial charge in [0.2, 0.25) is 5.91 Å². The summed E-state index contributed by atoms with van der Waals surface area (Å²) in [6.07, 6.45) is 1.80. The summed E-state index contributed by atoms with van der Waals surface area (Å²) in [6, 6.07) is 0. The number of nitrogens with one attached hydrogen (secondary N) is 1. The lowest BCUT2D eigenvalue weighted by molar-refractivity contribution is -0.133. The molecule has 0 spiro atoms. The average Bonchev–Trinajstić information content (AvgIpc) is 2.55. The third-order valence-corrected chi connectivity index (χ3v) is 4.49. The van der Waals surface area contributed by atoms with E-state index in [2.05, 4.69) is 10.3 Å². The molecule has 1 N–H and O–H groups in total. The number of hydrogen-bond donors (Lipinski definition) is 1. The molecule has 0 saturated carbocycles. The Bertz CT molecular complexity index is 590. The number of alkyl halides is 1. The van der Waals surface area contributed by atoms with Crippen molar-refractivity contribution in [3.05, 3.63) is 12.2 Å². The number of ether oxygens (including phenoxy) is 1. The van der Waals surface area contributed by atoms with Crippen molar-refractivity contribution in [1.82, 2.24) is 15.1 Å². The molecule has 0 aliphatic carbocycles. The van der Waals surface area contributed by atoms with Crippen LogP contribution < -0.4 is 5.32 Å². The minimum absolute atomic E-state index is 0.289. The molecule has 2 amide bonds. The maximum Gasteiger partial charge on any atom is 0.410 e. The monoisotopic (exact) mass is 368 g/mol. The summed E-state index contributed by atoms with van der Waals surface area (Å²) in [5.41, 5.74) is -1.37. The summed E-state index contributed by atoms with van der Waals surface area (Å²) in [7, 11) is 0. The molecule has 0 aromatic carbocycles. The topological polar surface area (TPSA) is 74.2 Å². The molecule has 146 valence electrons. The highest BCUT2D eigenvalue weighted by Gasteiger charge is 2.39. The first-order valence-electron chi connectivity index (χ1n) is 8.89. The molecule has 0 bridgehead atoms. The summed E-state index contributed by atoms with van der Waals surface area (Å²) >= 11 is 0. The second-order valence-electron chi connectivity index (χ2n) is 8.06. The largest absolute Gasteiger partial charge is 0.444 e. The van der Waals surface area contributed by atoms with E-state index in [1.807, 2.05) is 25.7 Å². The van der Waals surface area contributed by atoms with Crippen LogP contribution in [0.25, 0.3) is 0 Å². The Balaban J connectivity index is 1.90. The van der Waals surface area contributed by atoms with E-state index in [1.54, 1.807) is 18.7 Å². The Kier molecular flexibility index (Phi) is 6.05. The quantitative estimate of drug-likeness (QED) is 0.823. The smallest absolute Gasteiger partial charge is 0.410 e. The van der Waals surface area contributed by atoms with E-state index >= 15 is 0 Å². The van der Waals surface area contributed by atoms with Gasteiger partial charge in [0, 0.05) is 32.4 Å². The number of nitrogens with zero attached hydrogens (tertiary/aromatic N) is 3. The SMILES string of the molecule is CC(C)(C)OC(=O)N1CCN(C(C)(C)C(=O)NC2N=CC=CC2F)CC1. The van der Waals surface area contributed by atoms with Crippen LogP contribution in [-0.4, -0.2) is 77.7 Å². The second kappa shape index (κ2) is 7.73. The van der Waals surface area contributed by atoms with Crippen molar-refractivity contribution in [3.63, 3.8) is 0 Å². The maximum atomic E-state index is 13.8. The van der Waals surface area contributed by atoms with E-state index in [0.717, 1.165) is 0 Å². The van der Waals surface area contributed by atoms with Crippen molar-refractivity contribution >= 4 is 18.2 Å². The van der Waals surface area contributed by atoms with Gasteiger partial charge in [-0.15, -0.1) is 0 Å². The molecule has 2 heterocycles. The molecule has 2 aliphatic rings. The lowest BCUT2D eigenvalue weighted by atomic mass is 9.99. The third kappa shape index (κ3) is 5.03. The Morgan fingerprint density at radius 1 is 1.15 bits per heavy atom. The number of aliphatic imine (C=N–C) groups is 1. The summed E-state index contributed by atoms with van der Waals surface area (Å²) in [5, 5.41) is 2.66. The van der Waals surface area contributed by atoms with E-state index in [-0.39, 0.29) is 12.0 Å². The fourth-order valence-corrected chi connectivity index (χ4v) is 2.83. The molecule has 2 rings (SSSR count). The molecule has 0 aromatic heterocycles. The van der Waals surface area contributed by atoms with Crippen molar-refractivity contribution in [3.8, 4) is 0 Å². The number of hydrogen-bond acceptors (Lipinski definition) is 5. The molecule has 0 aromatic rings. The number of halogens is 1. The van der Waals surface area contributed by atoms with Gasteiger partial charge in [-0.25, -0.2) is 9.18 Å². The van der Waals surface area contributed by atoms with Crippen LogP contribution >= 0.6 is 0 Å². The molecule has 26 heavy (non-hydrogen) atoms. The van der Waals surface area contributed by atoms with Crippen molar-refractivity contribution < 1.29 is 18.7 Å².